The van der Waals surface area contributed by atoms with Crippen molar-refractivity contribution in [1.29, 1.82) is 5.26 Å². The lowest BCUT2D eigenvalue weighted by atomic mass is 9.96. The van der Waals surface area contributed by atoms with E-state index in [0.717, 1.165) is 32.4 Å². The normalized spacial score (nSPS) is 14.3. The van der Waals surface area contributed by atoms with Crippen LogP contribution in [0.5, 0.6) is 0 Å². The van der Waals surface area contributed by atoms with Gasteiger partial charge in [0.05, 0.1) is 6.07 Å². The van der Waals surface area contributed by atoms with E-state index < -0.39 is 0 Å². The van der Waals surface area contributed by atoms with Crippen LogP contribution in [0.3, 0.4) is 0 Å². The lowest BCUT2D eigenvalue weighted by Crippen LogP contribution is -2.41. The van der Waals surface area contributed by atoms with E-state index in [-0.39, 0.29) is 5.54 Å². The molecule has 0 saturated carbocycles. The summed E-state index contributed by atoms with van der Waals surface area (Å²) in [4.78, 5) is 2.42. The quantitative estimate of drug-likeness (QED) is 0.550. The highest BCUT2D eigenvalue weighted by atomic mass is 15.1. The average molecular weight is 267 g/mol. The number of hydrogen-bond donors (Lipinski definition) is 1. The number of nitrogens with one attached hydrogen (secondary N) is 1. The number of rotatable bonds is 12. The number of hydrogen-bond acceptors (Lipinski definition) is 3. The van der Waals surface area contributed by atoms with Gasteiger partial charge in [0.2, 0.25) is 0 Å². The van der Waals surface area contributed by atoms with E-state index in [2.05, 4.69) is 37.2 Å². The molecule has 0 heterocycles. The van der Waals surface area contributed by atoms with Gasteiger partial charge in [-0.05, 0) is 65.7 Å². The van der Waals surface area contributed by atoms with Crippen LogP contribution < -0.4 is 5.32 Å². The Morgan fingerprint density at radius 2 is 1.68 bits per heavy atom. The molecule has 0 aromatic heterocycles. The van der Waals surface area contributed by atoms with Gasteiger partial charge in [-0.25, -0.2) is 0 Å². The largest absolute Gasteiger partial charge is 0.306 e. The summed E-state index contributed by atoms with van der Waals surface area (Å²) in [5.74, 6) is 0. The maximum absolute atomic E-state index is 9.24. The van der Waals surface area contributed by atoms with Crippen LogP contribution in [-0.2, 0) is 0 Å². The van der Waals surface area contributed by atoms with Crippen LogP contribution in [0.4, 0.5) is 0 Å². The predicted octanol–water partition coefficient (Wildman–Crippen LogP) is 3.56. The molecule has 0 aromatic carbocycles. The van der Waals surface area contributed by atoms with E-state index in [4.69, 9.17) is 0 Å². The minimum Gasteiger partial charge on any atom is -0.306 e. The van der Waals surface area contributed by atoms with Crippen molar-refractivity contribution >= 4 is 0 Å². The monoisotopic (exact) mass is 267 g/mol. The van der Waals surface area contributed by atoms with Gasteiger partial charge in [-0.15, -0.1) is 0 Å². The molecule has 0 spiro atoms. The van der Waals surface area contributed by atoms with Crippen LogP contribution in [0.25, 0.3) is 0 Å². The van der Waals surface area contributed by atoms with Gasteiger partial charge in [-0.1, -0.05) is 26.7 Å². The van der Waals surface area contributed by atoms with Crippen molar-refractivity contribution in [2.24, 2.45) is 0 Å². The summed E-state index contributed by atoms with van der Waals surface area (Å²) in [6.07, 6.45) is 8.27. The maximum atomic E-state index is 9.24. The molecule has 0 amide bonds. The van der Waals surface area contributed by atoms with Crippen LogP contribution in [-0.4, -0.2) is 37.1 Å². The van der Waals surface area contributed by atoms with Gasteiger partial charge in [-0.3, -0.25) is 5.32 Å². The van der Waals surface area contributed by atoms with Crippen LogP contribution in [0.15, 0.2) is 0 Å². The molecular formula is C16H33N3. The molecule has 0 bridgehead atoms. The standard InChI is InChI=1S/C16H33N3/c1-5-7-9-13-19(4)14-10-8-11-16(3,15-17)18-12-6-2/h18H,5-14H2,1-4H3. The first-order valence-corrected chi connectivity index (χ1v) is 7.92. The molecular weight excluding hydrogens is 234 g/mol. The highest BCUT2D eigenvalue weighted by molar-refractivity contribution is 5.03. The Hall–Kier alpha value is -0.590. The first-order chi connectivity index (χ1) is 9.08. The Morgan fingerprint density at radius 3 is 2.21 bits per heavy atom. The van der Waals surface area contributed by atoms with Crippen LogP contribution in [0, 0.1) is 11.3 Å². The molecule has 3 heteroatoms. The zero-order valence-electron chi connectivity index (χ0n) is 13.5. The molecule has 19 heavy (non-hydrogen) atoms. The van der Waals surface area contributed by atoms with Crippen molar-refractivity contribution in [2.75, 3.05) is 26.7 Å². The average Bonchev–Trinajstić information content (AvgIpc) is 2.42. The molecule has 1 unspecified atom stereocenters. The zero-order chi connectivity index (χ0) is 14.6. The molecule has 0 aromatic rings. The fourth-order valence-electron chi connectivity index (χ4n) is 2.19. The summed E-state index contributed by atoms with van der Waals surface area (Å²) in [5, 5.41) is 12.6. The van der Waals surface area contributed by atoms with Crippen LogP contribution >= 0.6 is 0 Å². The Labute approximate surface area is 120 Å². The summed E-state index contributed by atoms with van der Waals surface area (Å²) in [6, 6.07) is 2.42. The molecule has 0 radical (unpaired) electrons. The van der Waals surface area contributed by atoms with E-state index in [9.17, 15) is 5.26 Å². The van der Waals surface area contributed by atoms with E-state index in [1.54, 1.807) is 0 Å². The molecule has 1 atom stereocenters. The molecule has 112 valence electrons. The van der Waals surface area contributed by atoms with Crippen LogP contribution in [0.1, 0.15) is 65.7 Å². The van der Waals surface area contributed by atoms with Crippen LogP contribution in [0.2, 0.25) is 0 Å². The number of nitriles is 1. The highest BCUT2D eigenvalue weighted by Crippen LogP contribution is 2.13. The van der Waals surface area contributed by atoms with Gasteiger partial charge in [0, 0.05) is 0 Å². The zero-order valence-corrected chi connectivity index (χ0v) is 13.5. The molecule has 0 rings (SSSR count). The predicted molar refractivity (Wildman–Crippen MR) is 83.2 cm³/mol. The van der Waals surface area contributed by atoms with Crippen molar-refractivity contribution in [3.8, 4) is 6.07 Å². The van der Waals surface area contributed by atoms with E-state index in [1.807, 2.05) is 6.92 Å². The van der Waals surface area contributed by atoms with Gasteiger partial charge in [-0.2, -0.15) is 5.26 Å². The summed E-state index contributed by atoms with van der Waals surface area (Å²) >= 11 is 0. The highest BCUT2D eigenvalue weighted by Gasteiger charge is 2.21. The van der Waals surface area contributed by atoms with Gasteiger partial charge >= 0.3 is 0 Å². The van der Waals surface area contributed by atoms with Gasteiger partial charge in [0.15, 0.2) is 0 Å². The third-order valence-electron chi connectivity index (χ3n) is 3.62. The smallest absolute Gasteiger partial charge is 0.103 e. The first kappa shape index (κ1) is 18.4. The Bertz CT molecular complexity index is 247. The molecule has 0 aliphatic rings. The van der Waals surface area contributed by atoms with E-state index in [1.165, 1.54) is 32.2 Å². The Kier molecular flexibility index (Phi) is 10.9. The summed E-state index contributed by atoms with van der Waals surface area (Å²) in [5.41, 5.74) is -0.337. The molecule has 0 saturated heterocycles. The van der Waals surface area contributed by atoms with E-state index >= 15 is 0 Å². The van der Waals surface area contributed by atoms with Gasteiger partial charge in [0.25, 0.3) is 0 Å². The molecule has 3 nitrogen and oxygen atoms in total. The second-order valence-electron chi connectivity index (χ2n) is 5.84. The van der Waals surface area contributed by atoms with Crippen molar-refractivity contribution in [3.05, 3.63) is 0 Å². The van der Waals surface area contributed by atoms with Crippen molar-refractivity contribution in [3.63, 3.8) is 0 Å². The minimum atomic E-state index is -0.337. The second-order valence-corrected chi connectivity index (χ2v) is 5.84. The topological polar surface area (TPSA) is 39.1 Å². The minimum absolute atomic E-state index is 0.337. The molecule has 0 fully saturated rings. The van der Waals surface area contributed by atoms with Gasteiger partial charge in [0.1, 0.15) is 5.54 Å². The molecule has 0 aliphatic heterocycles. The molecule has 1 N–H and O–H groups in total. The molecule has 0 aliphatic carbocycles. The lowest BCUT2D eigenvalue weighted by Gasteiger charge is -2.23. The Balaban J connectivity index is 3.68. The van der Waals surface area contributed by atoms with Crippen molar-refractivity contribution in [1.82, 2.24) is 10.2 Å². The van der Waals surface area contributed by atoms with Crippen molar-refractivity contribution < 1.29 is 0 Å². The SMILES string of the molecule is CCCCCN(C)CCCCC(C)(C#N)NCCC. The third kappa shape index (κ3) is 9.92. The fraction of sp³-hybridized carbons (Fsp3) is 0.938. The number of unbranched alkanes of at least 4 members (excludes halogenated alkanes) is 3. The maximum Gasteiger partial charge on any atom is 0.103 e. The third-order valence-corrected chi connectivity index (χ3v) is 3.62. The lowest BCUT2D eigenvalue weighted by molar-refractivity contribution is 0.307. The van der Waals surface area contributed by atoms with Crippen molar-refractivity contribution in [2.45, 2.75) is 71.3 Å². The second kappa shape index (κ2) is 11.3. The Morgan fingerprint density at radius 1 is 1.05 bits per heavy atom. The summed E-state index contributed by atoms with van der Waals surface area (Å²) < 4.78 is 0. The number of nitrogens with zero attached hydrogens (tertiary/aromatic N) is 2. The fourth-order valence-corrected chi connectivity index (χ4v) is 2.19. The van der Waals surface area contributed by atoms with E-state index in [0.29, 0.717) is 0 Å². The first-order valence-electron chi connectivity index (χ1n) is 7.92. The summed E-state index contributed by atoms with van der Waals surface area (Å²) in [7, 11) is 2.20. The summed E-state index contributed by atoms with van der Waals surface area (Å²) in [6.45, 7) is 9.69. The van der Waals surface area contributed by atoms with Gasteiger partial charge < -0.3 is 4.90 Å².